The number of aryl methyl sites for hydroxylation is 1. The Morgan fingerprint density at radius 3 is 2.62 bits per heavy atom. The molecule has 0 spiro atoms. The van der Waals surface area contributed by atoms with E-state index in [-0.39, 0.29) is 28.6 Å². The van der Waals surface area contributed by atoms with Gasteiger partial charge in [0.15, 0.2) is 0 Å². The second kappa shape index (κ2) is 6.49. The molecule has 0 saturated heterocycles. The molecule has 0 aromatic carbocycles. The van der Waals surface area contributed by atoms with Crippen molar-refractivity contribution in [2.24, 2.45) is 0 Å². The zero-order valence-corrected chi connectivity index (χ0v) is 13.9. The molecule has 21 heavy (non-hydrogen) atoms. The van der Waals surface area contributed by atoms with E-state index >= 15 is 0 Å². The number of hydrogen-bond donors (Lipinski definition) is 1. The monoisotopic (exact) mass is 324 g/mol. The van der Waals surface area contributed by atoms with Gasteiger partial charge in [-0.25, -0.2) is 15.0 Å². The fraction of sp³-hybridized carbons (Fsp3) is 0.429. The lowest BCUT2D eigenvalue weighted by molar-refractivity contribution is 0.0934. The van der Waals surface area contributed by atoms with Crippen LogP contribution in [-0.4, -0.2) is 20.9 Å². The predicted octanol–water partition coefficient (Wildman–Crippen LogP) is 3.51. The molecule has 0 aliphatic carbocycles. The van der Waals surface area contributed by atoms with Crippen molar-refractivity contribution in [2.45, 2.75) is 39.7 Å². The summed E-state index contributed by atoms with van der Waals surface area (Å²) in [5.74, 6) is 0.416. The molecule has 1 amide bonds. The highest BCUT2D eigenvalue weighted by atomic mass is 35.5. The summed E-state index contributed by atoms with van der Waals surface area (Å²) in [6, 6.07) is -0.190. The van der Waals surface area contributed by atoms with Gasteiger partial charge in [0.25, 0.3) is 5.91 Å². The topological polar surface area (TPSA) is 67.8 Å². The highest BCUT2D eigenvalue weighted by Crippen LogP contribution is 2.20. The zero-order chi connectivity index (χ0) is 15.6. The number of amides is 1. The van der Waals surface area contributed by atoms with Gasteiger partial charge in [0.2, 0.25) is 0 Å². The Labute approximate surface area is 132 Å². The number of carbonyl (C=O) groups excluding carboxylic acids is 1. The number of aromatic nitrogens is 3. The predicted molar refractivity (Wildman–Crippen MR) is 83.9 cm³/mol. The first kappa shape index (κ1) is 15.9. The Morgan fingerprint density at radius 2 is 2.05 bits per heavy atom. The molecule has 112 valence electrons. The van der Waals surface area contributed by atoms with Crippen molar-refractivity contribution in [3.05, 3.63) is 38.8 Å². The van der Waals surface area contributed by atoms with Crippen LogP contribution in [0.1, 0.15) is 59.7 Å². The van der Waals surface area contributed by atoms with Crippen LogP contribution in [0.4, 0.5) is 0 Å². The molecule has 2 aromatic rings. The van der Waals surface area contributed by atoms with Gasteiger partial charge < -0.3 is 5.32 Å². The summed E-state index contributed by atoms with van der Waals surface area (Å²) in [5.41, 5.74) is 1.15. The van der Waals surface area contributed by atoms with Gasteiger partial charge in [-0.3, -0.25) is 4.79 Å². The lowest BCUT2D eigenvalue weighted by atomic mass is 10.2. The Hall–Kier alpha value is -1.53. The minimum absolute atomic E-state index is 0.132. The highest BCUT2D eigenvalue weighted by Gasteiger charge is 2.19. The summed E-state index contributed by atoms with van der Waals surface area (Å²) in [7, 11) is 0. The van der Waals surface area contributed by atoms with Crippen LogP contribution in [0, 0.1) is 6.92 Å². The zero-order valence-electron chi connectivity index (χ0n) is 12.3. The van der Waals surface area contributed by atoms with E-state index in [0.717, 1.165) is 10.7 Å². The summed E-state index contributed by atoms with van der Waals surface area (Å²) < 4.78 is 0. The molecule has 0 saturated carbocycles. The second-order valence-electron chi connectivity index (χ2n) is 5.10. The number of carbonyl (C=O) groups is 1. The average Bonchev–Trinajstić information content (AvgIpc) is 2.85. The molecule has 0 radical (unpaired) electrons. The molecule has 0 bridgehead atoms. The van der Waals surface area contributed by atoms with E-state index in [4.69, 9.17) is 11.6 Å². The number of rotatable bonds is 4. The Bertz CT molecular complexity index is 656. The molecular weight excluding hydrogens is 308 g/mol. The van der Waals surface area contributed by atoms with Crippen LogP contribution in [0.15, 0.2) is 11.6 Å². The van der Waals surface area contributed by atoms with Crippen molar-refractivity contribution in [3.63, 3.8) is 0 Å². The van der Waals surface area contributed by atoms with Gasteiger partial charge in [-0.15, -0.1) is 11.3 Å². The highest BCUT2D eigenvalue weighted by molar-refractivity contribution is 7.09. The number of nitrogens with zero attached hydrogens (tertiary/aromatic N) is 3. The average molecular weight is 325 g/mol. The van der Waals surface area contributed by atoms with E-state index in [0.29, 0.717) is 5.82 Å². The summed E-state index contributed by atoms with van der Waals surface area (Å²) in [6.45, 7) is 7.73. The minimum atomic E-state index is -0.315. The molecule has 5 nitrogen and oxygen atoms in total. The molecule has 0 fully saturated rings. The van der Waals surface area contributed by atoms with E-state index in [9.17, 15) is 4.79 Å². The van der Waals surface area contributed by atoms with Gasteiger partial charge in [0.1, 0.15) is 16.5 Å². The summed E-state index contributed by atoms with van der Waals surface area (Å²) in [4.78, 5) is 25.1. The summed E-state index contributed by atoms with van der Waals surface area (Å²) >= 11 is 7.55. The minimum Gasteiger partial charge on any atom is -0.342 e. The number of hydrogen-bond acceptors (Lipinski definition) is 5. The first-order valence-corrected chi connectivity index (χ1v) is 7.89. The normalized spacial score (nSPS) is 12.5. The third kappa shape index (κ3) is 3.77. The first-order chi connectivity index (χ1) is 9.88. The second-order valence-corrected chi connectivity index (χ2v) is 6.40. The fourth-order valence-electron chi connectivity index (χ4n) is 1.72. The maximum Gasteiger partial charge on any atom is 0.272 e. The molecule has 1 atom stereocenters. The lowest BCUT2D eigenvalue weighted by Gasteiger charge is -2.12. The molecule has 7 heteroatoms. The van der Waals surface area contributed by atoms with E-state index < -0.39 is 0 Å². The quantitative estimate of drug-likeness (QED) is 0.934. The van der Waals surface area contributed by atoms with Gasteiger partial charge in [0.05, 0.1) is 17.3 Å². The van der Waals surface area contributed by atoms with Crippen molar-refractivity contribution in [2.75, 3.05) is 0 Å². The molecule has 1 unspecified atom stereocenters. The van der Waals surface area contributed by atoms with Crippen LogP contribution in [0.3, 0.4) is 0 Å². The van der Waals surface area contributed by atoms with Crippen molar-refractivity contribution < 1.29 is 4.79 Å². The maximum atomic E-state index is 12.3. The van der Waals surface area contributed by atoms with E-state index in [1.807, 2.05) is 33.1 Å². The van der Waals surface area contributed by atoms with Crippen LogP contribution in [0.25, 0.3) is 0 Å². The van der Waals surface area contributed by atoms with Gasteiger partial charge in [-0.2, -0.15) is 0 Å². The van der Waals surface area contributed by atoms with Crippen LogP contribution < -0.4 is 5.32 Å². The fourth-order valence-corrected chi connectivity index (χ4v) is 2.70. The van der Waals surface area contributed by atoms with Crippen LogP contribution in [0.2, 0.25) is 5.02 Å². The molecule has 2 aromatic heterocycles. The van der Waals surface area contributed by atoms with E-state index in [1.165, 1.54) is 17.5 Å². The SMILES string of the molecule is Cc1csc(C(C)NC(=O)c2nc(C(C)C)ncc2Cl)n1. The first-order valence-electron chi connectivity index (χ1n) is 6.63. The van der Waals surface area contributed by atoms with Crippen LogP contribution in [-0.2, 0) is 0 Å². The number of halogens is 1. The smallest absolute Gasteiger partial charge is 0.272 e. The van der Waals surface area contributed by atoms with Crippen LogP contribution in [0.5, 0.6) is 0 Å². The van der Waals surface area contributed by atoms with Gasteiger partial charge in [-0.05, 0) is 13.8 Å². The third-order valence-corrected chi connectivity index (χ3v) is 4.27. The molecular formula is C14H17ClN4OS. The van der Waals surface area contributed by atoms with Crippen molar-refractivity contribution >= 4 is 28.8 Å². The van der Waals surface area contributed by atoms with Gasteiger partial charge >= 0.3 is 0 Å². The largest absolute Gasteiger partial charge is 0.342 e. The Morgan fingerprint density at radius 1 is 1.33 bits per heavy atom. The van der Waals surface area contributed by atoms with Gasteiger partial charge in [-0.1, -0.05) is 25.4 Å². The Kier molecular flexibility index (Phi) is 4.90. The van der Waals surface area contributed by atoms with E-state index in [1.54, 1.807) is 0 Å². The Balaban J connectivity index is 2.18. The summed E-state index contributed by atoms with van der Waals surface area (Å²) in [5, 5.41) is 5.92. The van der Waals surface area contributed by atoms with Crippen molar-refractivity contribution in [3.8, 4) is 0 Å². The van der Waals surface area contributed by atoms with E-state index in [2.05, 4.69) is 20.3 Å². The molecule has 2 rings (SSSR count). The van der Waals surface area contributed by atoms with Gasteiger partial charge in [0, 0.05) is 17.0 Å². The molecule has 1 N–H and O–H groups in total. The maximum absolute atomic E-state index is 12.3. The number of nitrogens with one attached hydrogen (secondary N) is 1. The van der Waals surface area contributed by atoms with Crippen molar-refractivity contribution in [1.29, 1.82) is 0 Å². The summed E-state index contributed by atoms with van der Waals surface area (Å²) in [6.07, 6.45) is 1.47. The molecule has 2 heterocycles. The third-order valence-electron chi connectivity index (χ3n) is 2.85. The molecule has 0 aliphatic heterocycles. The lowest BCUT2D eigenvalue weighted by Crippen LogP contribution is -2.28. The van der Waals surface area contributed by atoms with Crippen LogP contribution >= 0.6 is 22.9 Å². The number of thiazole rings is 1. The standard InChI is InChI=1S/C14H17ClN4OS/c1-7(2)12-16-5-10(15)11(19-12)13(20)18-9(4)14-17-8(3)6-21-14/h5-7,9H,1-4H3,(H,18,20). The molecule has 0 aliphatic rings. The van der Waals surface area contributed by atoms with Crippen molar-refractivity contribution in [1.82, 2.24) is 20.3 Å².